The van der Waals surface area contributed by atoms with Crippen molar-refractivity contribution in [1.82, 2.24) is 19.7 Å². The molecule has 0 atom stereocenters. The van der Waals surface area contributed by atoms with Crippen molar-refractivity contribution in [3.05, 3.63) is 30.0 Å². The second-order valence-corrected chi connectivity index (χ2v) is 4.37. The van der Waals surface area contributed by atoms with Gasteiger partial charge >= 0.3 is 0 Å². The Hall–Kier alpha value is -2.44. The predicted octanol–water partition coefficient (Wildman–Crippen LogP) is 1.50. The van der Waals surface area contributed by atoms with E-state index in [0.717, 1.165) is 0 Å². The van der Waals surface area contributed by atoms with Crippen LogP contribution in [-0.4, -0.2) is 39.8 Å². The van der Waals surface area contributed by atoms with Crippen LogP contribution in [0.1, 0.15) is 36.1 Å². The summed E-state index contributed by atoms with van der Waals surface area (Å²) in [7, 11) is 2.98. The van der Waals surface area contributed by atoms with Gasteiger partial charge in [0.05, 0.1) is 20.4 Å². The Morgan fingerprint density at radius 3 is 2.60 bits per heavy atom. The van der Waals surface area contributed by atoms with E-state index in [2.05, 4.69) is 15.1 Å². The van der Waals surface area contributed by atoms with Gasteiger partial charge in [-0.25, -0.2) is 9.97 Å². The Morgan fingerprint density at radius 2 is 2.00 bits per heavy atom. The molecule has 0 aliphatic carbocycles. The topological polar surface area (TPSA) is 79.1 Å². The summed E-state index contributed by atoms with van der Waals surface area (Å²) in [4.78, 5) is 20.5. The number of nitrogens with zero attached hydrogens (tertiary/aromatic N) is 4. The highest BCUT2D eigenvalue weighted by Crippen LogP contribution is 2.24. The molecule has 106 valence electrons. The summed E-state index contributed by atoms with van der Waals surface area (Å²) in [6.07, 6.45) is 2.81. The molecule has 2 heterocycles. The fourth-order valence-corrected chi connectivity index (χ4v) is 1.80. The number of ketones is 1. The molecule has 0 amide bonds. The maximum absolute atomic E-state index is 12.6. The molecule has 7 nitrogen and oxygen atoms in total. The van der Waals surface area contributed by atoms with Crippen LogP contribution in [0.4, 0.5) is 0 Å². The molecule has 2 rings (SSSR count). The molecule has 0 bridgehead atoms. The predicted molar refractivity (Wildman–Crippen MR) is 71.2 cm³/mol. The second kappa shape index (κ2) is 5.68. The van der Waals surface area contributed by atoms with E-state index in [0.29, 0.717) is 17.3 Å². The van der Waals surface area contributed by atoms with Crippen LogP contribution in [0.5, 0.6) is 11.6 Å². The monoisotopic (exact) mass is 276 g/mol. The van der Waals surface area contributed by atoms with Gasteiger partial charge in [0.1, 0.15) is 12.0 Å². The molecular formula is C13H16N4O3. The fraction of sp³-hybridized carbons (Fsp3) is 0.385. The molecule has 0 unspecified atom stereocenters. The first-order valence-corrected chi connectivity index (χ1v) is 6.10. The minimum Gasteiger partial charge on any atom is -0.493 e. The smallest absolute Gasteiger partial charge is 0.233 e. The van der Waals surface area contributed by atoms with E-state index in [1.807, 2.05) is 13.8 Å². The molecule has 0 aliphatic heterocycles. The van der Waals surface area contributed by atoms with Gasteiger partial charge in [-0.1, -0.05) is 0 Å². The van der Waals surface area contributed by atoms with E-state index in [4.69, 9.17) is 9.47 Å². The minimum atomic E-state index is -0.284. The summed E-state index contributed by atoms with van der Waals surface area (Å²) in [5.74, 6) is 0.466. The van der Waals surface area contributed by atoms with Crippen LogP contribution in [0.15, 0.2) is 18.6 Å². The number of methoxy groups -OCH3 is 2. The first kappa shape index (κ1) is 14.0. The molecule has 0 spiro atoms. The van der Waals surface area contributed by atoms with Gasteiger partial charge in [-0.05, 0) is 13.8 Å². The van der Waals surface area contributed by atoms with Gasteiger partial charge in [-0.3, -0.25) is 9.48 Å². The van der Waals surface area contributed by atoms with Gasteiger partial charge < -0.3 is 9.47 Å². The van der Waals surface area contributed by atoms with E-state index in [-0.39, 0.29) is 17.5 Å². The first-order chi connectivity index (χ1) is 9.58. The Bertz CT molecular complexity index is 622. The molecule has 20 heavy (non-hydrogen) atoms. The summed E-state index contributed by atoms with van der Waals surface area (Å²) in [6.45, 7) is 3.87. The number of rotatable bonds is 5. The molecule has 0 aromatic carbocycles. The number of carbonyl (C=O) groups is 1. The standard InChI is InChI=1S/C13H16N4O3/c1-8(2)17-12(10(19-3)6-16-17)13(18)9-5-11(20-4)15-7-14-9/h5-8H,1-4H3. The van der Waals surface area contributed by atoms with Crippen molar-refractivity contribution < 1.29 is 14.3 Å². The van der Waals surface area contributed by atoms with Crippen LogP contribution in [0.3, 0.4) is 0 Å². The van der Waals surface area contributed by atoms with Gasteiger partial charge in [-0.15, -0.1) is 0 Å². The van der Waals surface area contributed by atoms with Gasteiger partial charge in [0.15, 0.2) is 11.4 Å². The zero-order chi connectivity index (χ0) is 14.7. The van der Waals surface area contributed by atoms with Crippen LogP contribution in [-0.2, 0) is 0 Å². The highest BCUT2D eigenvalue weighted by Gasteiger charge is 2.23. The number of ether oxygens (including phenoxy) is 2. The summed E-state index contributed by atoms with van der Waals surface area (Å²) in [6, 6.07) is 1.51. The largest absolute Gasteiger partial charge is 0.493 e. The molecule has 0 radical (unpaired) electrons. The van der Waals surface area contributed by atoms with E-state index in [1.165, 1.54) is 32.8 Å². The molecular weight excluding hydrogens is 260 g/mol. The van der Waals surface area contributed by atoms with E-state index < -0.39 is 0 Å². The highest BCUT2D eigenvalue weighted by molar-refractivity contribution is 6.08. The first-order valence-electron chi connectivity index (χ1n) is 6.10. The molecule has 0 saturated heterocycles. The number of hydrogen-bond donors (Lipinski definition) is 0. The zero-order valence-electron chi connectivity index (χ0n) is 11.8. The van der Waals surface area contributed by atoms with Crippen molar-refractivity contribution in [3.63, 3.8) is 0 Å². The van der Waals surface area contributed by atoms with Crippen molar-refractivity contribution >= 4 is 5.78 Å². The average Bonchev–Trinajstić information content (AvgIpc) is 2.90. The lowest BCUT2D eigenvalue weighted by Crippen LogP contribution is -2.15. The third-order valence-electron chi connectivity index (χ3n) is 2.77. The third-order valence-corrected chi connectivity index (χ3v) is 2.77. The Kier molecular flexibility index (Phi) is 3.97. The van der Waals surface area contributed by atoms with E-state index in [9.17, 15) is 4.79 Å². The maximum atomic E-state index is 12.6. The minimum absolute atomic E-state index is 0.0292. The average molecular weight is 276 g/mol. The van der Waals surface area contributed by atoms with Gasteiger partial charge in [0, 0.05) is 12.1 Å². The highest BCUT2D eigenvalue weighted by atomic mass is 16.5. The van der Waals surface area contributed by atoms with Gasteiger partial charge in [-0.2, -0.15) is 5.10 Å². The normalized spacial score (nSPS) is 10.7. The van der Waals surface area contributed by atoms with Crippen LogP contribution < -0.4 is 9.47 Å². The second-order valence-electron chi connectivity index (χ2n) is 4.37. The lowest BCUT2D eigenvalue weighted by Gasteiger charge is -2.11. The Labute approximate surface area is 116 Å². The lowest BCUT2D eigenvalue weighted by atomic mass is 10.2. The summed E-state index contributed by atoms with van der Waals surface area (Å²) >= 11 is 0. The van der Waals surface area contributed by atoms with Crippen molar-refractivity contribution in [1.29, 1.82) is 0 Å². The Morgan fingerprint density at radius 1 is 1.25 bits per heavy atom. The van der Waals surface area contributed by atoms with Crippen LogP contribution >= 0.6 is 0 Å². The SMILES string of the molecule is COc1cc(C(=O)c2c(OC)cnn2C(C)C)ncn1. The molecule has 2 aromatic rings. The van der Waals surface area contributed by atoms with Crippen LogP contribution in [0.2, 0.25) is 0 Å². The molecule has 7 heteroatoms. The van der Waals surface area contributed by atoms with Crippen LogP contribution in [0.25, 0.3) is 0 Å². The molecule has 0 fully saturated rings. The van der Waals surface area contributed by atoms with E-state index >= 15 is 0 Å². The molecule has 2 aromatic heterocycles. The van der Waals surface area contributed by atoms with Crippen LogP contribution in [0, 0.1) is 0 Å². The van der Waals surface area contributed by atoms with E-state index in [1.54, 1.807) is 4.68 Å². The number of aromatic nitrogens is 4. The molecule has 0 N–H and O–H groups in total. The quantitative estimate of drug-likeness (QED) is 0.770. The number of carbonyl (C=O) groups excluding carboxylic acids is 1. The molecule has 0 aliphatic rings. The summed E-state index contributed by atoms with van der Waals surface area (Å²) in [5.41, 5.74) is 0.598. The summed E-state index contributed by atoms with van der Waals surface area (Å²) in [5, 5.41) is 4.17. The molecule has 0 saturated carbocycles. The Balaban J connectivity index is 2.49. The fourth-order valence-electron chi connectivity index (χ4n) is 1.80. The van der Waals surface area contributed by atoms with Gasteiger partial charge in [0.25, 0.3) is 0 Å². The number of hydrogen-bond acceptors (Lipinski definition) is 6. The maximum Gasteiger partial charge on any atom is 0.233 e. The summed E-state index contributed by atoms with van der Waals surface area (Å²) < 4.78 is 11.8. The van der Waals surface area contributed by atoms with Gasteiger partial charge in [0.2, 0.25) is 11.7 Å². The van der Waals surface area contributed by atoms with Crippen molar-refractivity contribution in [3.8, 4) is 11.6 Å². The van der Waals surface area contributed by atoms with Crippen molar-refractivity contribution in [2.75, 3.05) is 14.2 Å². The third kappa shape index (κ3) is 2.47. The lowest BCUT2D eigenvalue weighted by molar-refractivity contribution is 0.101. The van der Waals surface area contributed by atoms with Crippen molar-refractivity contribution in [2.24, 2.45) is 0 Å². The zero-order valence-corrected chi connectivity index (χ0v) is 11.8. The van der Waals surface area contributed by atoms with Crippen molar-refractivity contribution in [2.45, 2.75) is 19.9 Å².